The summed E-state index contributed by atoms with van der Waals surface area (Å²) in [5.41, 5.74) is 1.44. The monoisotopic (exact) mass is 211 g/mol. The van der Waals surface area contributed by atoms with E-state index in [1.165, 1.54) is 0 Å². The van der Waals surface area contributed by atoms with Crippen molar-refractivity contribution in [3.05, 3.63) is 17.5 Å². The largest absolute Gasteiger partial charge is 0.385 e. The zero-order chi connectivity index (χ0) is 11.3. The van der Waals surface area contributed by atoms with E-state index in [-0.39, 0.29) is 5.91 Å². The summed E-state index contributed by atoms with van der Waals surface area (Å²) >= 11 is 0. The molecule has 0 bridgehead atoms. The van der Waals surface area contributed by atoms with Crippen molar-refractivity contribution < 1.29 is 9.53 Å². The van der Waals surface area contributed by atoms with E-state index in [0.29, 0.717) is 18.7 Å². The minimum absolute atomic E-state index is 0.00245. The third-order valence-electron chi connectivity index (χ3n) is 2.25. The number of ether oxygens (including phenoxy) is 1. The van der Waals surface area contributed by atoms with E-state index in [1.54, 1.807) is 25.3 Å². The molecule has 1 heterocycles. The van der Waals surface area contributed by atoms with Gasteiger partial charge in [-0.25, -0.2) is 0 Å². The highest BCUT2D eigenvalue weighted by molar-refractivity contribution is 5.94. The molecule has 0 saturated heterocycles. The van der Waals surface area contributed by atoms with E-state index < -0.39 is 0 Å². The van der Waals surface area contributed by atoms with Crippen LogP contribution >= 0.6 is 0 Å². The van der Waals surface area contributed by atoms with Gasteiger partial charge in [0.05, 0.1) is 11.8 Å². The normalized spacial score (nSPS) is 10.3. The molecular formula is C10H17N3O2. The second kappa shape index (κ2) is 5.50. The summed E-state index contributed by atoms with van der Waals surface area (Å²) in [5, 5.41) is 6.57. The van der Waals surface area contributed by atoms with Gasteiger partial charge in [-0.3, -0.25) is 9.89 Å². The smallest absolute Gasteiger partial charge is 0.257 e. The van der Waals surface area contributed by atoms with Crippen molar-refractivity contribution in [2.24, 2.45) is 0 Å². The lowest BCUT2D eigenvalue weighted by molar-refractivity contribution is 0.0778. The molecule has 5 nitrogen and oxygen atoms in total. The molecule has 0 unspecified atom stereocenters. The maximum Gasteiger partial charge on any atom is 0.257 e. The first-order chi connectivity index (χ1) is 7.16. The Morgan fingerprint density at radius 3 is 2.93 bits per heavy atom. The lowest BCUT2D eigenvalue weighted by atomic mass is 10.2. The number of carbonyl (C=O) groups is 1. The number of methoxy groups -OCH3 is 1. The van der Waals surface area contributed by atoms with Gasteiger partial charge in [0.2, 0.25) is 0 Å². The molecular weight excluding hydrogens is 194 g/mol. The van der Waals surface area contributed by atoms with Crippen LogP contribution in [0.15, 0.2) is 6.20 Å². The average Bonchev–Trinajstić information content (AvgIpc) is 2.63. The SMILES string of the molecule is COCCCN(C)C(=O)c1cn[nH]c1C. The number of hydrogen-bond acceptors (Lipinski definition) is 3. The standard InChI is InChI=1S/C10H17N3O2/c1-8-9(7-11-12-8)10(14)13(2)5-4-6-15-3/h7H,4-6H2,1-3H3,(H,11,12). The highest BCUT2D eigenvalue weighted by Gasteiger charge is 2.14. The zero-order valence-electron chi connectivity index (χ0n) is 9.41. The summed E-state index contributed by atoms with van der Waals surface area (Å²) in [4.78, 5) is 13.5. The van der Waals surface area contributed by atoms with Crippen molar-refractivity contribution in [2.75, 3.05) is 27.3 Å². The number of nitrogens with zero attached hydrogens (tertiary/aromatic N) is 2. The Morgan fingerprint density at radius 1 is 1.67 bits per heavy atom. The molecule has 15 heavy (non-hydrogen) atoms. The minimum Gasteiger partial charge on any atom is -0.385 e. The Kier molecular flexibility index (Phi) is 4.30. The zero-order valence-corrected chi connectivity index (χ0v) is 9.41. The molecule has 0 aliphatic carbocycles. The van der Waals surface area contributed by atoms with Crippen molar-refractivity contribution in [1.29, 1.82) is 0 Å². The second-order valence-electron chi connectivity index (χ2n) is 3.48. The van der Waals surface area contributed by atoms with E-state index in [4.69, 9.17) is 4.74 Å². The Labute approximate surface area is 89.4 Å². The number of aromatic nitrogens is 2. The van der Waals surface area contributed by atoms with Gasteiger partial charge in [-0.2, -0.15) is 5.10 Å². The molecule has 1 aromatic rings. The number of H-pyrrole nitrogens is 1. The summed E-state index contributed by atoms with van der Waals surface area (Å²) in [6, 6.07) is 0. The van der Waals surface area contributed by atoms with Crippen LogP contribution in [0.1, 0.15) is 22.5 Å². The predicted molar refractivity (Wildman–Crippen MR) is 56.8 cm³/mol. The Balaban J connectivity index is 2.50. The van der Waals surface area contributed by atoms with Crippen molar-refractivity contribution >= 4 is 5.91 Å². The minimum atomic E-state index is -0.00245. The second-order valence-corrected chi connectivity index (χ2v) is 3.48. The number of carbonyl (C=O) groups excluding carboxylic acids is 1. The van der Waals surface area contributed by atoms with Crippen molar-refractivity contribution in [3.8, 4) is 0 Å². The van der Waals surface area contributed by atoms with Crippen LogP contribution in [0.25, 0.3) is 0 Å². The first-order valence-corrected chi connectivity index (χ1v) is 4.91. The van der Waals surface area contributed by atoms with Gasteiger partial charge in [-0.15, -0.1) is 0 Å². The molecule has 1 amide bonds. The van der Waals surface area contributed by atoms with E-state index in [0.717, 1.165) is 12.1 Å². The topological polar surface area (TPSA) is 58.2 Å². The molecule has 0 aromatic carbocycles. The quantitative estimate of drug-likeness (QED) is 0.734. The molecule has 0 spiro atoms. The maximum atomic E-state index is 11.8. The molecule has 0 atom stereocenters. The lowest BCUT2D eigenvalue weighted by Crippen LogP contribution is -2.28. The summed E-state index contributed by atoms with van der Waals surface area (Å²) in [6.45, 7) is 3.20. The van der Waals surface area contributed by atoms with Gasteiger partial charge in [0.15, 0.2) is 0 Å². The number of nitrogens with one attached hydrogen (secondary N) is 1. The van der Waals surface area contributed by atoms with E-state index in [1.807, 2.05) is 6.92 Å². The highest BCUT2D eigenvalue weighted by atomic mass is 16.5. The molecule has 0 aliphatic rings. The van der Waals surface area contributed by atoms with Gasteiger partial charge >= 0.3 is 0 Å². The predicted octanol–water partition coefficient (Wildman–Crippen LogP) is 0.827. The van der Waals surface area contributed by atoms with Crippen LogP contribution in [0.2, 0.25) is 0 Å². The van der Waals surface area contributed by atoms with Crippen LogP contribution in [0.5, 0.6) is 0 Å². The van der Waals surface area contributed by atoms with Crippen LogP contribution in [0, 0.1) is 6.92 Å². The van der Waals surface area contributed by atoms with Crippen molar-refractivity contribution in [1.82, 2.24) is 15.1 Å². The molecule has 1 rings (SSSR count). The van der Waals surface area contributed by atoms with E-state index in [9.17, 15) is 4.79 Å². The molecule has 0 saturated carbocycles. The molecule has 1 aromatic heterocycles. The fourth-order valence-electron chi connectivity index (χ4n) is 1.32. The molecule has 0 aliphatic heterocycles. The summed E-state index contributed by atoms with van der Waals surface area (Å²) in [6.07, 6.45) is 2.40. The summed E-state index contributed by atoms with van der Waals surface area (Å²) in [5.74, 6) is -0.00245. The van der Waals surface area contributed by atoms with Crippen LogP contribution < -0.4 is 0 Å². The van der Waals surface area contributed by atoms with Gasteiger partial charge in [0.1, 0.15) is 0 Å². The number of aromatic amines is 1. The molecule has 0 radical (unpaired) electrons. The fourth-order valence-corrected chi connectivity index (χ4v) is 1.32. The third-order valence-corrected chi connectivity index (χ3v) is 2.25. The van der Waals surface area contributed by atoms with Gasteiger partial charge < -0.3 is 9.64 Å². The van der Waals surface area contributed by atoms with Crippen molar-refractivity contribution in [2.45, 2.75) is 13.3 Å². The van der Waals surface area contributed by atoms with Crippen molar-refractivity contribution in [3.63, 3.8) is 0 Å². The van der Waals surface area contributed by atoms with Crippen LogP contribution in [0.4, 0.5) is 0 Å². The average molecular weight is 211 g/mol. The third kappa shape index (κ3) is 3.06. The van der Waals surface area contributed by atoms with Gasteiger partial charge in [-0.1, -0.05) is 0 Å². The maximum absolute atomic E-state index is 11.8. The highest BCUT2D eigenvalue weighted by Crippen LogP contribution is 2.06. The lowest BCUT2D eigenvalue weighted by Gasteiger charge is -2.16. The molecule has 0 fully saturated rings. The summed E-state index contributed by atoms with van der Waals surface area (Å²) < 4.78 is 4.93. The molecule has 1 N–H and O–H groups in total. The van der Waals surface area contributed by atoms with Crippen LogP contribution in [-0.4, -0.2) is 48.3 Å². The van der Waals surface area contributed by atoms with E-state index >= 15 is 0 Å². The van der Waals surface area contributed by atoms with Gasteiger partial charge in [-0.05, 0) is 13.3 Å². The Bertz CT molecular complexity index is 322. The molecule has 84 valence electrons. The Morgan fingerprint density at radius 2 is 2.40 bits per heavy atom. The first-order valence-electron chi connectivity index (χ1n) is 4.91. The van der Waals surface area contributed by atoms with Gasteiger partial charge in [0.25, 0.3) is 5.91 Å². The van der Waals surface area contributed by atoms with E-state index in [2.05, 4.69) is 10.2 Å². The van der Waals surface area contributed by atoms with Gasteiger partial charge in [0, 0.05) is 33.0 Å². The van der Waals surface area contributed by atoms with Crippen LogP contribution in [-0.2, 0) is 4.74 Å². The molecule has 5 heteroatoms. The number of amides is 1. The number of aryl methyl sites for hydroxylation is 1. The van der Waals surface area contributed by atoms with Crippen LogP contribution in [0.3, 0.4) is 0 Å². The number of rotatable bonds is 5. The summed E-state index contributed by atoms with van der Waals surface area (Å²) in [7, 11) is 3.44. The first kappa shape index (κ1) is 11.7. The Hall–Kier alpha value is -1.36. The fraction of sp³-hybridized carbons (Fsp3) is 0.600. The number of hydrogen-bond donors (Lipinski definition) is 1.